The van der Waals surface area contributed by atoms with E-state index in [1.807, 2.05) is 12.1 Å². The molecule has 1 aromatic rings. The van der Waals surface area contributed by atoms with E-state index in [0.29, 0.717) is 5.02 Å². The molecule has 0 spiro atoms. The van der Waals surface area contributed by atoms with Gasteiger partial charge in [0.1, 0.15) is 0 Å². The lowest BCUT2D eigenvalue weighted by molar-refractivity contribution is 0.604. The smallest absolute Gasteiger partial charge is 0.172 e. The molecule has 0 radical (unpaired) electrons. The Morgan fingerprint density at radius 3 is 2.71 bits per heavy atom. The summed E-state index contributed by atoms with van der Waals surface area (Å²) >= 11 is 5.82. The van der Waals surface area contributed by atoms with E-state index < -0.39 is 9.84 Å². The zero-order chi connectivity index (χ0) is 10.2. The highest BCUT2D eigenvalue weighted by Gasteiger charge is 2.22. The van der Waals surface area contributed by atoms with Crippen molar-refractivity contribution in [3.63, 3.8) is 0 Å². The molecule has 0 fully saturated rings. The molecule has 1 aliphatic rings. The summed E-state index contributed by atoms with van der Waals surface area (Å²) in [6.07, 6.45) is 1.71. The number of hydrogen-bond donors (Lipinski definition) is 0. The molecule has 0 saturated carbocycles. The molecule has 0 aromatic heterocycles. The summed E-state index contributed by atoms with van der Waals surface area (Å²) < 4.78 is 22.4. The minimum Gasteiger partial charge on any atom is -0.224 e. The summed E-state index contributed by atoms with van der Waals surface area (Å²) in [5, 5.41) is 1.92. The zero-order valence-electron chi connectivity index (χ0n) is 7.35. The summed E-state index contributed by atoms with van der Waals surface area (Å²) in [5.74, 6) is 0.117. The standard InChI is InChI=1S/C10H9ClO2S/c11-10-3-1-2-8(6-10)9-4-5-14(12,13)7-9/h1-6,9H,7H2. The first-order valence-electron chi connectivity index (χ1n) is 4.23. The van der Waals surface area contributed by atoms with Crippen molar-refractivity contribution in [1.82, 2.24) is 0 Å². The van der Waals surface area contributed by atoms with Gasteiger partial charge in [0.15, 0.2) is 9.84 Å². The largest absolute Gasteiger partial charge is 0.224 e. The van der Waals surface area contributed by atoms with Crippen LogP contribution in [0.5, 0.6) is 0 Å². The first-order chi connectivity index (χ1) is 6.57. The SMILES string of the molecule is O=S1(=O)C=CC(c2cccc(Cl)c2)C1. The Balaban J connectivity index is 2.31. The third-order valence-corrected chi connectivity index (χ3v) is 3.84. The Hall–Kier alpha value is -0.800. The Kier molecular flexibility index (Phi) is 2.37. The van der Waals surface area contributed by atoms with E-state index in [1.165, 1.54) is 5.41 Å². The van der Waals surface area contributed by atoms with Crippen LogP contribution in [0.25, 0.3) is 0 Å². The molecule has 0 N–H and O–H groups in total. The molecule has 0 amide bonds. The highest BCUT2D eigenvalue weighted by atomic mass is 35.5. The second kappa shape index (κ2) is 3.41. The van der Waals surface area contributed by atoms with Crippen LogP contribution in [0.4, 0.5) is 0 Å². The van der Waals surface area contributed by atoms with E-state index in [1.54, 1.807) is 18.2 Å². The van der Waals surface area contributed by atoms with E-state index in [-0.39, 0.29) is 11.7 Å². The molecule has 1 aliphatic heterocycles. The maximum atomic E-state index is 11.2. The van der Waals surface area contributed by atoms with Crippen LogP contribution in [-0.4, -0.2) is 14.2 Å². The third-order valence-electron chi connectivity index (χ3n) is 2.21. The second-order valence-corrected chi connectivity index (χ2v) is 5.69. The van der Waals surface area contributed by atoms with Crippen molar-refractivity contribution < 1.29 is 8.42 Å². The van der Waals surface area contributed by atoms with Crippen LogP contribution in [0.2, 0.25) is 5.02 Å². The van der Waals surface area contributed by atoms with Crippen molar-refractivity contribution in [2.75, 3.05) is 5.75 Å². The van der Waals surface area contributed by atoms with Crippen molar-refractivity contribution in [2.24, 2.45) is 0 Å². The summed E-state index contributed by atoms with van der Waals surface area (Å²) in [5.41, 5.74) is 0.954. The fourth-order valence-corrected chi connectivity index (χ4v) is 3.06. The fraction of sp³-hybridized carbons (Fsp3) is 0.200. The van der Waals surface area contributed by atoms with Crippen molar-refractivity contribution in [3.8, 4) is 0 Å². The third kappa shape index (κ3) is 1.99. The average molecular weight is 229 g/mol. The molecule has 14 heavy (non-hydrogen) atoms. The predicted octanol–water partition coefficient (Wildman–Crippen LogP) is 2.37. The van der Waals surface area contributed by atoms with Crippen LogP contribution in [0.3, 0.4) is 0 Å². The second-order valence-electron chi connectivity index (χ2n) is 3.32. The lowest BCUT2D eigenvalue weighted by Gasteiger charge is -2.06. The minimum atomic E-state index is -2.98. The average Bonchev–Trinajstić information content (AvgIpc) is 2.46. The molecule has 2 nitrogen and oxygen atoms in total. The minimum absolute atomic E-state index is 0.0429. The van der Waals surface area contributed by atoms with Gasteiger partial charge in [-0.05, 0) is 17.7 Å². The van der Waals surface area contributed by atoms with E-state index in [2.05, 4.69) is 0 Å². The summed E-state index contributed by atoms with van der Waals surface area (Å²) in [4.78, 5) is 0. The molecule has 0 saturated heterocycles. The quantitative estimate of drug-likeness (QED) is 0.740. The number of hydrogen-bond acceptors (Lipinski definition) is 2. The molecular formula is C10H9ClO2S. The highest BCUT2D eigenvalue weighted by molar-refractivity contribution is 7.94. The predicted molar refractivity (Wildman–Crippen MR) is 57.1 cm³/mol. The zero-order valence-corrected chi connectivity index (χ0v) is 8.92. The van der Waals surface area contributed by atoms with Gasteiger partial charge in [0, 0.05) is 16.3 Å². The van der Waals surface area contributed by atoms with E-state index in [0.717, 1.165) is 5.56 Å². The highest BCUT2D eigenvalue weighted by Crippen LogP contribution is 2.27. The molecule has 0 bridgehead atoms. The number of rotatable bonds is 1. The van der Waals surface area contributed by atoms with Gasteiger partial charge in [-0.2, -0.15) is 0 Å². The molecule has 1 unspecified atom stereocenters. The van der Waals surface area contributed by atoms with Gasteiger partial charge in [-0.25, -0.2) is 8.42 Å². The van der Waals surface area contributed by atoms with Gasteiger partial charge in [-0.1, -0.05) is 29.8 Å². The molecule has 74 valence electrons. The van der Waals surface area contributed by atoms with E-state index in [4.69, 9.17) is 11.6 Å². The fourth-order valence-electron chi connectivity index (χ4n) is 1.52. The topological polar surface area (TPSA) is 34.1 Å². The van der Waals surface area contributed by atoms with Crippen molar-refractivity contribution in [2.45, 2.75) is 5.92 Å². The lowest BCUT2D eigenvalue weighted by atomic mass is 10.0. The Morgan fingerprint density at radius 1 is 1.36 bits per heavy atom. The van der Waals surface area contributed by atoms with Crippen LogP contribution >= 0.6 is 11.6 Å². The first-order valence-corrected chi connectivity index (χ1v) is 6.33. The normalized spacial score (nSPS) is 23.9. The van der Waals surface area contributed by atoms with Gasteiger partial charge in [0.25, 0.3) is 0 Å². The number of benzene rings is 1. The van der Waals surface area contributed by atoms with Crippen molar-refractivity contribution >= 4 is 21.4 Å². The summed E-state index contributed by atoms with van der Waals surface area (Å²) in [6, 6.07) is 7.30. The summed E-state index contributed by atoms with van der Waals surface area (Å²) in [6.45, 7) is 0. The molecule has 1 aromatic carbocycles. The molecule has 1 atom stereocenters. The molecule has 4 heteroatoms. The summed E-state index contributed by atoms with van der Waals surface area (Å²) in [7, 11) is -2.98. The van der Waals surface area contributed by atoms with Crippen molar-refractivity contribution in [1.29, 1.82) is 0 Å². The van der Waals surface area contributed by atoms with Crippen LogP contribution in [-0.2, 0) is 9.84 Å². The van der Waals surface area contributed by atoms with Crippen LogP contribution < -0.4 is 0 Å². The maximum absolute atomic E-state index is 11.2. The molecule has 1 heterocycles. The van der Waals surface area contributed by atoms with E-state index in [9.17, 15) is 8.42 Å². The monoisotopic (exact) mass is 228 g/mol. The van der Waals surface area contributed by atoms with Gasteiger partial charge >= 0.3 is 0 Å². The van der Waals surface area contributed by atoms with Crippen LogP contribution in [0, 0.1) is 0 Å². The van der Waals surface area contributed by atoms with Crippen LogP contribution in [0.15, 0.2) is 35.7 Å². The van der Waals surface area contributed by atoms with Gasteiger partial charge in [0.2, 0.25) is 0 Å². The Morgan fingerprint density at radius 2 is 2.14 bits per heavy atom. The molecular weight excluding hydrogens is 220 g/mol. The van der Waals surface area contributed by atoms with Gasteiger partial charge in [-0.15, -0.1) is 0 Å². The Labute approximate surface area is 88.1 Å². The number of sulfone groups is 1. The number of allylic oxidation sites excluding steroid dienone is 1. The van der Waals surface area contributed by atoms with E-state index >= 15 is 0 Å². The first kappa shape index (κ1) is 9.74. The van der Waals surface area contributed by atoms with Gasteiger partial charge in [-0.3, -0.25) is 0 Å². The van der Waals surface area contributed by atoms with Crippen LogP contribution in [0.1, 0.15) is 11.5 Å². The van der Waals surface area contributed by atoms with Crippen molar-refractivity contribution in [3.05, 3.63) is 46.3 Å². The van der Waals surface area contributed by atoms with Gasteiger partial charge in [0.05, 0.1) is 5.75 Å². The molecule has 0 aliphatic carbocycles. The Bertz CT molecular complexity index is 477. The lowest BCUT2D eigenvalue weighted by Crippen LogP contribution is -2.03. The van der Waals surface area contributed by atoms with Gasteiger partial charge < -0.3 is 0 Å². The molecule has 2 rings (SSSR count). The maximum Gasteiger partial charge on any atom is 0.172 e. The number of halogens is 1.